The van der Waals surface area contributed by atoms with Crippen LogP contribution in [-0.4, -0.2) is 49.3 Å². The summed E-state index contributed by atoms with van der Waals surface area (Å²) in [4.78, 5) is 19.7. The van der Waals surface area contributed by atoms with Gasteiger partial charge in [0.1, 0.15) is 5.75 Å². The second kappa shape index (κ2) is 7.89. The molecule has 5 rings (SSSR count). The molecule has 1 aromatic rings. The number of benzene rings is 1. The van der Waals surface area contributed by atoms with Gasteiger partial charge in [-0.05, 0) is 74.1 Å². The molecule has 0 bridgehead atoms. The lowest BCUT2D eigenvalue weighted by atomic mass is 9.61. The molecular weight excluding hydrogens is 435 g/mol. The van der Waals surface area contributed by atoms with Crippen LogP contribution in [0.3, 0.4) is 0 Å². The highest BCUT2D eigenvalue weighted by molar-refractivity contribution is 6.08. The summed E-state index contributed by atoms with van der Waals surface area (Å²) in [6.07, 6.45) is 0.458. The number of methoxy groups -OCH3 is 1. The maximum absolute atomic E-state index is 13.9. The van der Waals surface area contributed by atoms with Gasteiger partial charge in [0, 0.05) is 19.1 Å². The number of halogens is 3. The number of carbonyl (C=O) groups excluding carboxylic acids is 1. The van der Waals surface area contributed by atoms with E-state index in [0.717, 1.165) is 41.7 Å². The molecule has 0 radical (unpaired) electrons. The minimum Gasteiger partial charge on any atom is -0.493 e. The summed E-state index contributed by atoms with van der Waals surface area (Å²) in [5, 5.41) is 0. The number of ether oxygens (including phenoxy) is 2. The van der Waals surface area contributed by atoms with Gasteiger partial charge in [-0.15, -0.1) is 0 Å². The van der Waals surface area contributed by atoms with Crippen LogP contribution in [-0.2, 0) is 21.5 Å². The standard InChI is InChI=1S/C24H30F3N3O3/c1-32-17-6-8-22(9-7-17)13-16-4-5-18(33-14-15-2-3-15)12-19(16)24(22)20(31)30(21(28)29-24)11-10-23(25,26)27/h4-5,12,15,17H,2-3,6-11,13-14H2,1H3,(H2,28,29)/t17-,22-,24?. The van der Waals surface area contributed by atoms with Gasteiger partial charge in [-0.3, -0.25) is 9.69 Å². The van der Waals surface area contributed by atoms with Crippen LogP contribution in [0.15, 0.2) is 23.2 Å². The van der Waals surface area contributed by atoms with Crippen molar-refractivity contribution >= 4 is 11.9 Å². The normalized spacial score (nSPS) is 31.4. The highest BCUT2D eigenvalue weighted by Crippen LogP contribution is 2.62. The first-order valence-corrected chi connectivity index (χ1v) is 11.7. The zero-order valence-corrected chi connectivity index (χ0v) is 18.8. The Kier molecular flexibility index (Phi) is 5.38. The van der Waals surface area contributed by atoms with E-state index < -0.39 is 36.0 Å². The largest absolute Gasteiger partial charge is 0.493 e. The number of guanidine groups is 1. The van der Waals surface area contributed by atoms with Crippen LogP contribution in [0.1, 0.15) is 56.1 Å². The molecule has 180 valence electrons. The third-order valence-corrected chi connectivity index (χ3v) is 7.91. The molecule has 9 heteroatoms. The molecule has 1 aliphatic heterocycles. The van der Waals surface area contributed by atoms with Gasteiger partial charge in [0.25, 0.3) is 5.91 Å². The van der Waals surface area contributed by atoms with E-state index in [1.807, 2.05) is 18.2 Å². The van der Waals surface area contributed by atoms with E-state index in [4.69, 9.17) is 20.2 Å². The summed E-state index contributed by atoms with van der Waals surface area (Å²) >= 11 is 0. The third kappa shape index (κ3) is 3.78. The van der Waals surface area contributed by atoms with Crippen molar-refractivity contribution in [1.82, 2.24) is 4.90 Å². The van der Waals surface area contributed by atoms with E-state index in [1.54, 1.807) is 7.11 Å². The highest BCUT2D eigenvalue weighted by atomic mass is 19.4. The minimum atomic E-state index is -4.39. The first kappa shape index (κ1) is 22.5. The second-order valence-corrected chi connectivity index (χ2v) is 9.97. The topological polar surface area (TPSA) is 77.2 Å². The molecule has 0 aromatic heterocycles. The number of fused-ring (bicyclic) bond motifs is 3. The predicted molar refractivity (Wildman–Crippen MR) is 116 cm³/mol. The fourth-order valence-corrected chi connectivity index (χ4v) is 5.89. The maximum atomic E-state index is 13.9. The van der Waals surface area contributed by atoms with E-state index in [9.17, 15) is 18.0 Å². The molecule has 1 amide bonds. The molecule has 6 nitrogen and oxygen atoms in total. The van der Waals surface area contributed by atoms with Gasteiger partial charge in [0.05, 0.1) is 19.1 Å². The average molecular weight is 466 g/mol. The summed E-state index contributed by atoms with van der Waals surface area (Å²) < 4.78 is 50.4. The van der Waals surface area contributed by atoms with Crippen molar-refractivity contribution < 1.29 is 27.4 Å². The number of hydrogen-bond acceptors (Lipinski definition) is 5. The monoisotopic (exact) mass is 465 g/mol. The van der Waals surface area contributed by atoms with Crippen LogP contribution in [0.4, 0.5) is 13.2 Å². The van der Waals surface area contributed by atoms with E-state index in [2.05, 4.69) is 0 Å². The smallest absolute Gasteiger partial charge is 0.390 e. The van der Waals surface area contributed by atoms with Crippen molar-refractivity contribution in [2.24, 2.45) is 22.1 Å². The molecule has 0 saturated heterocycles. The molecule has 2 saturated carbocycles. The van der Waals surface area contributed by atoms with Gasteiger partial charge < -0.3 is 15.2 Å². The molecule has 3 aliphatic carbocycles. The first-order chi connectivity index (χ1) is 15.7. The number of hydrogen-bond donors (Lipinski definition) is 1. The van der Waals surface area contributed by atoms with Gasteiger partial charge in [0.2, 0.25) is 0 Å². The number of nitrogens with two attached hydrogens (primary N) is 1. The second-order valence-electron chi connectivity index (χ2n) is 9.97. The molecule has 1 aromatic carbocycles. The van der Waals surface area contributed by atoms with Crippen LogP contribution in [0.25, 0.3) is 0 Å². The molecule has 2 fully saturated rings. The quantitative estimate of drug-likeness (QED) is 0.691. The lowest BCUT2D eigenvalue weighted by molar-refractivity contribution is -0.146. The molecule has 1 heterocycles. The Labute approximate surface area is 191 Å². The Morgan fingerprint density at radius 1 is 1.21 bits per heavy atom. The van der Waals surface area contributed by atoms with Crippen molar-refractivity contribution in [1.29, 1.82) is 0 Å². The van der Waals surface area contributed by atoms with Gasteiger partial charge in [-0.25, -0.2) is 4.99 Å². The van der Waals surface area contributed by atoms with Crippen LogP contribution in [0, 0.1) is 11.3 Å². The minimum absolute atomic E-state index is 0.105. The zero-order valence-electron chi connectivity index (χ0n) is 18.8. The number of alkyl halides is 3. The number of carbonyl (C=O) groups is 1. The number of nitrogens with zero attached hydrogens (tertiary/aromatic N) is 2. The highest BCUT2D eigenvalue weighted by Gasteiger charge is 2.66. The Balaban J connectivity index is 1.53. The molecule has 1 atom stereocenters. The Morgan fingerprint density at radius 3 is 2.58 bits per heavy atom. The number of amides is 1. The SMILES string of the molecule is CO[C@H]1CC[C@]2(CC1)Cc1ccc(OCC3CC3)cc1C21N=C(N)N(CCC(F)(F)F)C1=O. The van der Waals surface area contributed by atoms with E-state index in [1.165, 1.54) is 0 Å². The number of rotatable bonds is 6. The summed E-state index contributed by atoms with van der Waals surface area (Å²) in [6, 6.07) is 5.77. The van der Waals surface area contributed by atoms with E-state index in [-0.39, 0.29) is 12.1 Å². The van der Waals surface area contributed by atoms with Crippen LogP contribution in [0.2, 0.25) is 0 Å². The van der Waals surface area contributed by atoms with Crippen molar-refractivity contribution in [2.75, 3.05) is 20.3 Å². The summed E-state index contributed by atoms with van der Waals surface area (Å²) in [6.45, 7) is 0.104. The molecule has 1 unspecified atom stereocenters. The predicted octanol–water partition coefficient (Wildman–Crippen LogP) is 3.91. The molecule has 2 spiro atoms. The summed E-state index contributed by atoms with van der Waals surface area (Å²) in [5.74, 6) is 0.660. The zero-order chi connectivity index (χ0) is 23.4. The summed E-state index contributed by atoms with van der Waals surface area (Å²) in [5.41, 5.74) is 6.01. The maximum Gasteiger partial charge on any atom is 0.390 e. The van der Waals surface area contributed by atoms with Gasteiger partial charge >= 0.3 is 6.18 Å². The van der Waals surface area contributed by atoms with E-state index in [0.29, 0.717) is 37.5 Å². The lowest BCUT2D eigenvalue weighted by Crippen LogP contribution is -2.52. The molecule has 2 N–H and O–H groups in total. The summed E-state index contributed by atoms with van der Waals surface area (Å²) in [7, 11) is 1.68. The van der Waals surface area contributed by atoms with Crippen LogP contribution in [0.5, 0.6) is 5.75 Å². The lowest BCUT2D eigenvalue weighted by Gasteiger charge is -2.45. The first-order valence-electron chi connectivity index (χ1n) is 11.7. The third-order valence-electron chi connectivity index (χ3n) is 7.91. The fourth-order valence-electron chi connectivity index (χ4n) is 5.89. The Hall–Kier alpha value is -2.29. The average Bonchev–Trinajstić information content (AvgIpc) is 3.52. The van der Waals surface area contributed by atoms with Crippen molar-refractivity contribution in [3.05, 3.63) is 29.3 Å². The van der Waals surface area contributed by atoms with Gasteiger partial charge in [0.15, 0.2) is 11.5 Å². The molecular formula is C24H30F3N3O3. The molecule has 33 heavy (non-hydrogen) atoms. The van der Waals surface area contributed by atoms with Crippen LogP contribution < -0.4 is 10.5 Å². The van der Waals surface area contributed by atoms with E-state index >= 15 is 0 Å². The van der Waals surface area contributed by atoms with Crippen molar-refractivity contribution in [2.45, 2.75) is 69.2 Å². The Morgan fingerprint density at radius 2 is 1.94 bits per heavy atom. The van der Waals surface area contributed by atoms with Gasteiger partial charge in [-0.2, -0.15) is 13.2 Å². The van der Waals surface area contributed by atoms with Crippen molar-refractivity contribution in [3.8, 4) is 5.75 Å². The molecule has 4 aliphatic rings. The number of aliphatic imine (C=N–C) groups is 1. The fraction of sp³-hybridized carbons (Fsp3) is 0.667. The Bertz CT molecular complexity index is 967. The van der Waals surface area contributed by atoms with Crippen LogP contribution >= 0.6 is 0 Å². The van der Waals surface area contributed by atoms with Crippen molar-refractivity contribution in [3.63, 3.8) is 0 Å². The van der Waals surface area contributed by atoms with Gasteiger partial charge in [-0.1, -0.05) is 6.07 Å².